The van der Waals surface area contributed by atoms with Crippen LogP contribution < -0.4 is 9.47 Å². The van der Waals surface area contributed by atoms with E-state index in [9.17, 15) is 0 Å². The predicted molar refractivity (Wildman–Crippen MR) is 124 cm³/mol. The Morgan fingerprint density at radius 1 is 0.903 bits per heavy atom. The Bertz CT molecular complexity index is 1110. The van der Waals surface area contributed by atoms with Crippen molar-refractivity contribution in [3.63, 3.8) is 0 Å². The minimum Gasteiger partial charge on any atom is -0.486 e. The molecule has 1 fully saturated rings. The molecule has 2 aliphatic heterocycles. The Kier molecular flexibility index (Phi) is 4.91. The van der Waals surface area contributed by atoms with Crippen molar-refractivity contribution in [3.8, 4) is 11.5 Å². The Morgan fingerprint density at radius 3 is 2.55 bits per heavy atom. The van der Waals surface area contributed by atoms with E-state index < -0.39 is 0 Å². The monoisotopic (exact) mass is 416 g/mol. The third kappa shape index (κ3) is 3.51. The summed E-state index contributed by atoms with van der Waals surface area (Å²) in [5.41, 5.74) is 7.13. The van der Waals surface area contributed by atoms with E-state index in [1.54, 1.807) is 11.3 Å². The second-order valence-corrected chi connectivity index (χ2v) is 9.50. The molecule has 4 heteroatoms. The van der Waals surface area contributed by atoms with Crippen molar-refractivity contribution in [1.82, 2.24) is 9.47 Å². The Balaban J connectivity index is 1.30. The third-order valence-electron chi connectivity index (χ3n) is 7.60. The van der Waals surface area contributed by atoms with E-state index in [0.717, 1.165) is 30.5 Å². The molecular formula is C27H32N2O2. The molecule has 31 heavy (non-hydrogen) atoms. The van der Waals surface area contributed by atoms with E-state index >= 15 is 0 Å². The Hall–Kier alpha value is -2.46. The zero-order valence-electron chi connectivity index (χ0n) is 18.5. The summed E-state index contributed by atoms with van der Waals surface area (Å²) in [6, 6.07) is 14.2. The highest BCUT2D eigenvalue weighted by Crippen LogP contribution is 2.35. The van der Waals surface area contributed by atoms with Gasteiger partial charge in [-0.2, -0.15) is 0 Å². The first-order valence-corrected chi connectivity index (χ1v) is 12.0. The molecule has 3 aromatic rings. The molecule has 162 valence electrons. The molecule has 0 spiro atoms. The van der Waals surface area contributed by atoms with Crippen LogP contribution in [0.3, 0.4) is 0 Å². The van der Waals surface area contributed by atoms with Crippen LogP contribution in [0.15, 0.2) is 36.4 Å². The maximum Gasteiger partial charge on any atom is 0.161 e. The average Bonchev–Trinajstić information content (AvgIpc) is 3.10. The standard InChI is InChI=1S/C27H32N2O2/c1-28-24-9-7-19(15-20-8-10-26-27(17-20)31-14-13-30-26)16-22(24)23-18-29(12-11-25(23)28)21-5-3-2-4-6-21/h7-10,16-17,21H,2-6,11-15,18H2,1H3. The largest absolute Gasteiger partial charge is 0.486 e. The van der Waals surface area contributed by atoms with Gasteiger partial charge in [-0.3, -0.25) is 4.90 Å². The smallest absolute Gasteiger partial charge is 0.161 e. The molecule has 0 bridgehead atoms. The van der Waals surface area contributed by atoms with Crippen LogP contribution in [-0.2, 0) is 26.4 Å². The van der Waals surface area contributed by atoms with E-state index in [0.29, 0.717) is 13.2 Å². The van der Waals surface area contributed by atoms with Gasteiger partial charge in [-0.05, 0) is 60.2 Å². The average molecular weight is 417 g/mol. The fraction of sp³-hybridized carbons (Fsp3) is 0.481. The van der Waals surface area contributed by atoms with Crippen LogP contribution in [0.5, 0.6) is 11.5 Å². The van der Waals surface area contributed by atoms with Crippen LogP contribution in [0, 0.1) is 0 Å². The van der Waals surface area contributed by atoms with E-state index in [2.05, 4.69) is 52.9 Å². The molecule has 0 N–H and O–H groups in total. The summed E-state index contributed by atoms with van der Waals surface area (Å²) in [7, 11) is 2.25. The molecule has 1 saturated carbocycles. The number of fused-ring (bicyclic) bond motifs is 4. The minimum absolute atomic E-state index is 0.635. The molecule has 3 aliphatic rings. The molecule has 0 saturated heterocycles. The van der Waals surface area contributed by atoms with Crippen LogP contribution >= 0.6 is 0 Å². The highest BCUT2D eigenvalue weighted by molar-refractivity contribution is 5.86. The molecular weight excluding hydrogens is 384 g/mol. The number of rotatable bonds is 3. The van der Waals surface area contributed by atoms with Gasteiger partial charge in [0.05, 0.1) is 0 Å². The van der Waals surface area contributed by atoms with Gasteiger partial charge in [0, 0.05) is 49.2 Å². The summed E-state index contributed by atoms with van der Waals surface area (Å²) < 4.78 is 13.9. The lowest BCUT2D eigenvalue weighted by Crippen LogP contribution is -2.40. The first kappa shape index (κ1) is 19.2. The van der Waals surface area contributed by atoms with E-state index in [-0.39, 0.29) is 0 Å². The number of ether oxygens (including phenoxy) is 2. The Labute approximate surface area is 184 Å². The van der Waals surface area contributed by atoms with Crippen LogP contribution in [0.25, 0.3) is 10.9 Å². The molecule has 1 aliphatic carbocycles. The fourth-order valence-corrected chi connectivity index (χ4v) is 5.95. The van der Waals surface area contributed by atoms with Crippen molar-refractivity contribution in [1.29, 1.82) is 0 Å². The van der Waals surface area contributed by atoms with Crippen LogP contribution in [0.4, 0.5) is 0 Å². The lowest BCUT2D eigenvalue weighted by atomic mass is 9.92. The van der Waals surface area contributed by atoms with Gasteiger partial charge in [0.25, 0.3) is 0 Å². The van der Waals surface area contributed by atoms with Crippen molar-refractivity contribution in [2.45, 2.75) is 57.5 Å². The lowest BCUT2D eigenvalue weighted by Gasteiger charge is -2.37. The minimum atomic E-state index is 0.635. The predicted octanol–water partition coefficient (Wildman–Crippen LogP) is 5.23. The summed E-state index contributed by atoms with van der Waals surface area (Å²) >= 11 is 0. The molecule has 1 aromatic heterocycles. The summed E-state index contributed by atoms with van der Waals surface area (Å²) in [6.07, 6.45) is 9.10. The molecule has 6 rings (SSSR count). The van der Waals surface area contributed by atoms with Gasteiger partial charge in [0.1, 0.15) is 13.2 Å². The van der Waals surface area contributed by atoms with Gasteiger partial charge in [-0.1, -0.05) is 31.4 Å². The van der Waals surface area contributed by atoms with E-state index in [1.807, 2.05) is 0 Å². The van der Waals surface area contributed by atoms with Gasteiger partial charge in [-0.25, -0.2) is 0 Å². The van der Waals surface area contributed by atoms with Crippen molar-refractivity contribution >= 4 is 10.9 Å². The van der Waals surface area contributed by atoms with Crippen molar-refractivity contribution in [3.05, 3.63) is 58.8 Å². The van der Waals surface area contributed by atoms with Crippen LogP contribution in [-0.4, -0.2) is 35.3 Å². The Morgan fingerprint density at radius 2 is 1.68 bits per heavy atom. The number of aromatic nitrogens is 1. The molecule has 4 nitrogen and oxygen atoms in total. The first-order chi connectivity index (χ1) is 15.3. The van der Waals surface area contributed by atoms with Gasteiger partial charge in [0.15, 0.2) is 11.5 Å². The topological polar surface area (TPSA) is 26.6 Å². The highest BCUT2D eigenvalue weighted by Gasteiger charge is 2.28. The number of benzene rings is 2. The molecule has 0 atom stereocenters. The van der Waals surface area contributed by atoms with Crippen molar-refractivity contribution < 1.29 is 9.47 Å². The summed E-state index contributed by atoms with van der Waals surface area (Å²) in [6.45, 7) is 3.60. The first-order valence-electron chi connectivity index (χ1n) is 12.0. The van der Waals surface area contributed by atoms with Crippen LogP contribution in [0.1, 0.15) is 54.5 Å². The van der Waals surface area contributed by atoms with Gasteiger partial charge in [-0.15, -0.1) is 0 Å². The van der Waals surface area contributed by atoms with Gasteiger partial charge >= 0.3 is 0 Å². The van der Waals surface area contributed by atoms with Crippen LogP contribution in [0.2, 0.25) is 0 Å². The summed E-state index contributed by atoms with van der Waals surface area (Å²) in [5, 5.41) is 1.45. The normalized spacial score (nSPS) is 19.5. The molecule has 2 aromatic carbocycles. The second-order valence-electron chi connectivity index (χ2n) is 9.50. The van der Waals surface area contributed by atoms with Crippen molar-refractivity contribution in [2.24, 2.45) is 7.05 Å². The maximum absolute atomic E-state index is 5.79. The number of nitrogens with zero attached hydrogens (tertiary/aromatic N) is 2. The third-order valence-corrected chi connectivity index (χ3v) is 7.60. The molecule has 3 heterocycles. The molecule has 0 amide bonds. The lowest BCUT2D eigenvalue weighted by molar-refractivity contribution is 0.141. The molecule has 0 radical (unpaired) electrons. The quantitative estimate of drug-likeness (QED) is 0.585. The second kappa shape index (κ2) is 7.90. The van der Waals surface area contributed by atoms with E-state index in [4.69, 9.17) is 9.47 Å². The highest BCUT2D eigenvalue weighted by atomic mass is 16.6. The maximum atomic E-state index is 5.79. The zero-order valence-corrected chi connectivity index (χ0v) is 18.5. The summed E-state index contributed by atoms with van der Waals surface area (Å²) in [5.74, 6) is 1.75. The molecule has 0 unspecified atom stereocenters. The summed E-state index contributed by atoms with van der Waals surface area (Å²) in [4.78, 5) is 2.77. The van der Waals surface area contributed by atoms with Gasteiger partial charge < -0.3 is 14.0 Å². The number of aryl methyl sites for hydroxylation is 1. The van der Waals surface area contributed by atoms with Crippen molar-refractivity contribution in [2.75, 3.05) is 19.8 Å². The zero-order chi connectivity index (χ0) is 20.8. The van der Waals surface area contributed by atoms with Gasteiger partial charge in [0.2, 0.25) is 0 Å². The SMILES string of the molecule is Cn1c2c(c3cc(Cc4ccc5c(c4)OCCO5)ccc31)CN(C1CCCCC1)CC2. The fourth-order valence-electron chi connectivity index (χ4n) is 5.95. The number of hydrogen-bond acceptors (Lipinski definition) is 3. The number of hydrogen-bond donors (Lipinski definition) is 0. The van der Waals surface area contributed by atoms with E-state index in [1.165, 1.54) is 67.1 Å².